The number of furan rings is 1. The van der Waals surface area contributed by atoms with Crippen molar-refractivity contribution >= 4 is 26.9 Å². The molecule has 0 aliphatic rings. The van der Waals surface area contributed by atoms with Gasteiger partial charge in [0.1, 0.15) is 11.3 Å². The first-order chi connectivity index (χ1) is 11.3. The van der Waals surface area contributed by atoms with Crippen LogP contribution in [0.2, 0.25) is 0 Å². The SMILES string of the molecule is Brc1ccc(C[n+]2ccc(-c3cc4ccccc4o3)cc2)cc1.[Br-]. The Hall–Kier alpha value is -1.91. The molecule has 4 aromatic rings. The van der Waals surface area contributed by atoms with Crippen LogP contribution < -0.4 is 21.5 Å². The van der Waals surface area contributed by atoms with E-state index in [2.05, 4.69) is 81.4 Å². The Morgan fingerprint density at radius 1 is 0.875 bits per heavy atom. The van der Waals surface area contributed by atoms with E-state index >= 15 is 0 Å². The molecule has 0 unspecified atom stereocenters. The number of hydrogen-bond acceptors (Lipinski definition) is 1. The number of hydrogen-bond donors (Lipinski definition) is 0. The number of aromatic nitrogens is 1. The number of benzene rings is 2. The summed E-state index contributed by atoms with van der Waals surface area (Å²) in [5.41, 5.74) is 3.29. The third-order valence-corrected chi connectivity index (χ3v) is 4.41. The minimum Gasteiger partial charge on any atom is -1.00 e. The third kappa shape index (κ3) is 3.60. The van der Waals surface area contributed by atoms with Crippen LogP contribution in [-0.4, -0.2) is 0 Å². The summed E-state index contributed by atoms with van der Waals surface area (Å²) >= 11 is 3.46. The summed E-state index contributed by atoms with van der Waals surface area (Å²) < 4.78 is 9.18. The van der Waals surface area contributed by atoms with Gasteiger partial charge in [-0.2, -0.15) is 0 Å². The molecule has 4 rings (SSSR count). The molecule has 0 saturated heterocycles. The smallest absolute Gasteiger partial charge is 0.173 e. The first kappa shape index (κ1) is 16.9. The van der Waals surface area contributed by atoms with Gasteiger partial charge < -0.3 is 21.4 Å². The van der Waals surface area contributed by atoms with E-state index in [1.807, 2.05) is 18.2 Å². The van der Waals surface area contributed by atoms with Gasteiger partial charge >= 0.3 is 0 Å². The molecule has 0 bridgehead atoms. The molecule has 2 heterocycles. The van der Waals surface area contributed by atoms with Gasteiger partial charge in [-0.15, -0.1) is 0 Å². The van der Waals surface area contributed by atoms with Gasteiger partial charge in [0.2, 0.25) is 0 Å². The van der Waals surface area contributed by atoms with Crippen molar-refractivity contribution in [3.63, 3.8) is 0 Å². The molecular formula is C20H15Br2NO. The van der Waals surface area contributed by atoms with E-state index in [1.165, 1.54) is 5.56 Å². The largest absolute Gasteiger partial charge is 1.00 e. The van der Waals surface area contributed by atoms with Crippen LogP contribution in [0.15, 0.2) is 88.0 Å². The second kappa shape index (κ2) is 7.32. The zero-order chi connectivity index (χ0) is 15.6. The van der Waals surface area contributed by atoms with Gasteiger partial charge in [-0.3, -0.25) is 0 Å². The number of rotatable bonds is 3. The first-order valence-electron chi connectivity index (χ1n) is 7.50. The number of halogens is 2. The number of nitrogens with zero attached hydrogens (tertiary/aromatic N) is 1. The minimum atomic E-state index is 0. The average molecular weight is 445 g/mol. The Kier molecular flexibility index (Phi) is 5.17. The van der Waals surface area contributed by atoms with E-state index in [4.69, 9.17) is 4.42 Å². The molecular weight excluding hydrogens is 430 g/mol. The summed E-state index contributed by atoms with van der Waals surface area (Å²) in [6.07, 6.45) is 4.18. The maximum Gasteiger partial charge on any atom is 0.173 e. The van der Waals surface area contributed by atoms with E-state index in [1.54, 1.807) is 0 Å². The summed E-state index contributed by atoms with van der Waals surface area (Å²) in [6.45, 7) is 0.855. The third-order valence-electron chi connectivity index (χ3n) is 3.88. The van der Waals surface area contributed by atoms with Crippen molar-refractivity contribution in [1.82, 2.24) is 0 Å². The van der Waals surface area contributed by atoms with E-state index in [-0.39, 0.29) is 17.0 Å². The number of pyridine rings is 1. The normalized spacial score (nSPS) is 10.5. The van der Waals surface area contributed by atoms with Gasteiger partial charge in [-0.05, 0) is 24.3 Å². The van der Waals surface area contributed by atoms with Crippen molar-refractivity contribution in [3.8, 4) is 11.3 Å². The van der Waals surface area contributed by atoms with E-state index in [9.17, 15) is 0 Å². The van der Waals surface area contributed by atoms with Crippen molar-refractivity contribution in [3.05, 3.63) is 89.2 Å². The maximum atomic E-state index is 5.91. The van der Waals surface area contributed by atoms with Crippen molar-refractivity contribution in [2.45, 2.75) is 6.54 Å². The summed E-state index contributed by atoms with van der Waals surface area (Å²) in [7, 11) is 0. The molecule has 120 valence electrons. The Balaban J connectivity index is 0.00000169. The lowest BCUT2D eigenvalue weighted by atomic mass is 10.2. The van der Waals surface area contributed by atoms with Crippen LogP contribution in [0, 0.1) is 0 Å². The van der Waals surface area contributed by atoms with Gasteiger partial charge in [0.15, 0.2) is 18.9 Å². The lowest BCUT2D eigenvalue weighted by molar-refractivity contribution is -0.688. The molecule has 0 fully saturated rings. The lowest BCUT2D eigenvalue weighted by Crippen LogP contribution is -3.00. The predicted octanol–water partition coefficient (Wildman–Crippen LogP) is 2.20. The van der Waals surface area contributed by atoms with E-state index < -0.39 is 0 Å². The quantitative estimate of drug-likeness (QED) is 0.443. The summed E-state index contributed by atoms with van der Waals surface area (Å²) in [5, 5.41) is 1.13. The lowest BCUT2D eigenvalue weighted by Gasteiger charge is -1.99. The van der Waals surface area contributed by atoms with Gasteiger partial charge in [0.25, 0.3) is 0 Å². The Morgan fingerprint density at radius 2 is 1.58 bits per heavy atom. The van der Waals surface area contributed by atoms with Crippen molar-refractivity contribution in [2.24, 2.45) is 0 Å². The molecule has 0 aliphatic carbocycles. The number of para-hydroxylation sites is 1. The van der Waals surface area contributed by atoms with Crippen LogP contribution in [0.3, 0.4) is 0 Å². The zero-order valence-corrected chi connectivity index (χ0v) is 16.0. The van der Waals surface area contributed by atoms with Gasteiger partial charge in [-0.25, -0.2) is 4.57 Å². The molecule has 4 heteroatoms. The Labute approximate surface area is 159 Å². The standard InChI is InChI=1S/C20H15BrNO.BrH/c21-18-7-5-15(6-8-18)14-22-11-9-16(10-12-22)20-13-17-3-1-2-4-19(17)23-20;/h1-13H,14H2;1H/q+1;/p-1. The second-order valence-electron chi connectivity index (χ2n) is 5.53. The fourth-order valence-corrected chi connectivity index (χ4v) is 2.92. The maximum absolute atomic E-state index is 5.91. The highest BCUT2D eigenvalue weighted by atomic mass is 79.9. The molecule has 0 aliphatic heterocycles. The van der Waals surface area contributed by atoms with Crippen LogP contribution in [0.4, 0.5) is 0 Å². The molecule has 2 nitrogen and oxygen atoms in total. The van der Waals surface area contributed by atoms with Crippen LogP contribution in [-0.2, 0) is 6.54 Å². The fourth-order valence-electron chi connectivity index (χ4n) is 2.65. The van der Waals surface area contributed by atoms with Gasteiger partial charge in [0, 0.05) is 33.1 Å². The van der Waals surface area contributed by atoms with Gasteiger partial charge in [-0.1, -0.05) is 46.3 Å². The predicted molar refractivity (Wildman–Crippen MR) is 95.1 cm³/mol. The fraction of sp³-hybridized carbons (Fsp3) is 0.0500. The van der Waals surface area contributed by atoms with E-state index in [0.29, 0.717) is 0 Å². The highest BCUT2D eigenvalue weighted by Crippen LogP contribution is 2.26. The minimum absolute atomic E-state index is 0. The molecule has 24 heavy (non-hydrogen) atoms. The Morgan fingerprint density at radius 3 is 2.29 bits per heavy atom. The van der Waals surface area contributed by atoms with Gasteiger partial charge in [0.05, 0.1) is 0 Å². The zero-order valence-electron chi connectivity index (χ0n) is 12.8. The van der Waals surface area contributed by atoms with Crippen LogP contribution in [0.1, 0.15) is 5.56 Å². The van der Waals surface area contributed by atoms with Crippen molar-refractivity contribution < 1.29 is 26.0 Å². The van der Waals surface area contributed by atoms with Crippen LogP contribution in [0.5, 0.6) is 0 Å². The topological polar surface area (TPSA) is 17.0 Å². The molecule has 2 aromatic carbocycles. The number of fused-ring (bicyclic) bond motifs is 1. The highest BCUT2D eigenvalue weighted by molar-refractivity contribution is 9.10. The summed E-state index contributed by atoms with van der Waals surface area (Å²) in [5.74, 6) is 0.905. The Bertz CT molecular complexity index is 910. The molecule has 2 aromatic heterocycles. The van der Waals surface area contributed by atoms with Crippen LogP contribution >= 0.6 is 15.9 Å². The van der Waals surface area contributed by atoms with Crippen molar-refractivity contribution in [1.29, 1.82) is 0 Å². The summed E-state index contributed by atoms with van der Waals surface area (Å²) in [6, 6.07) is 22.8. The average Bonchev–Trinajstić information content (AvgIpc) is 3.02. The molecule has 0 amide bonds. The second-order valence-corrected chi connectivity index (χ2v) is 6.45. The molecule has 0 saturated carbocycles. The summed E-state index contributed by atoms with van der Waals surface area (Å²) in [4.78, 5) is 0. The molecule has 0 atom stereocenters. The molecule has 0 N–H and O–H groups in total. The first-order valence-corrected chi connectivity index (χ1v) is 8.30. The molecule has 0 spiro atoms. The van der Waals surface area contributed by atoms with E-state index in [0.717, 1.165) is 33.3 Å². The van der Waals surface area contributed by atoms with Crippen LogP contribution in [0.25, 0.3) is 22.3 Å². The highest BCUT2D eigenvalue weighted by Gasteiger charge is 2.08. The molecule has 0 radical (unpaired) electrons. The monoisotopic (exact) mass is 443 g/mol. The van der Waals surface area contributed by atoms with Crippen molar-refractivity contribution in [2.75, 3.05) is 0 Å².